The van der Waals surface area contributed by atoms with Gasteiger partial charge in [-0.2, -0.15) is 0 Å². The quantitative estimate of drug-likeness (QED) is 0.647. The number of hydrogen-bond acceptors (Lipinski definition) is 3. The number of aliphatic hydroxyl groups excluding tert-OH is 1. The number of nitrogens with one attached hydrogen (secondary N) is 2. The number of hydrogen-bond donors (Lipinski definition) is 3. The fourth-order valence-electron chi connectivity index (χ4n) is 11.1. The lowest BCUT2D eigenvalue weighted by Crippen LogP contribution is -2.59. The van der Waals surface area contributed by atoms with Crippen molar-refractivity contribution in [2.45, 2.75) is 104 Å². The molecule has 3 heteroatoms. The zero-order chi connectivity index (χ0) is 21.0. The molecule has 0 aromatic carbocycles. The first-order valence-electron chi connectivity index (χ1n) is 12.6. The normalized spacial score (nSPS) is 58.6. The molecule has 3 N–H and O–H groups in total. The summed E-state index contributed by atoms with van der Waals surface area (Å²) < 4.78 is 0. The molecule has 2 spiro atoms. The van der Waals surface area contributed by atoms with Gasteiger partial charge in [0.05, 0.1) is 6.10 Å². The number of aliphatic hydroxyl groups is 1. The third kappa shape index (κ3) is 2.16. The van der Waals surface area contributed by atoms with Crippen LogP contribution in [0.1, 0.15) is 86.0 Å². The van der Waals surface area contributed by atoms with Crippen LogP contribution in [0.3, 0.4) is 0 Å². The highest BCUT2D eigenvalue weighted by Crippen LogP contribution is 2.88. The van der Waals surface area contributed by atoms with Crippen molar-refractivity contribution in [3.63, 3.8) is 0 Å². The van der Waals surface area contributed by atoms with Crippen molar-refractivity contribution in [1.29, 1.82) is 0 Å². The summed E-state index contributed by atoms with van der Waals surface area (Å²) in [5.74, 6) is 2.08. The molecule has 5 saturated carbocycles. The Labute approximate surface area is 179 Å². The minimum Gasteiger partial charge on any atom is -0.393 e. The lowest BCUT2D eigenvalue weighted by Gasteiger charge is -2.63. The first-order valence-corrected chi connectivity index (χ1v) is 12.6. The number of rotatable bonds is 3. The largest absolute Gasteiger partial charge is 0.393 e. The van der Waals surface area contributed by atoms with Gasteiger partial charge in [-0.25, -0.2) is 0 Å². The van der Waals surface area contributed by atoms with Gasteiger partial charge in [-0.15, -0.1) is 0 Å². The van der Waals surface area contributed by atoms with E-state index in [0.29, 0.717) is 39.7 Å². The molecule has 5 aliphatic rings. The molecule has 0 amide bonds. The second kappa shape index (κ2) is 6.01. The van der Waals surface area contributed by atoms with Crippen LogP contribution in [0.15, 0.2) is 0 Å². The van der Waals surface area contributed by atoms with Crippen molar-refractivity contribution in [2.24, 2.45) is 44.8 Å². The highest BCUT2D eigenvalue weighted by atomic mass is 16.3. The fourth-order valence-corrected chi connectivity index (χ4v) is 11.1. The fraction of sp³-hybridized carbons (Fsp3) is 1.00. The van der Waals surface area contributed by atoms with Crippen molar-refractivity contribution < 1.29 is 5.11 Å². The predicted octanol–water partition coefficient (Wildman–Crippen LogP) is 4.59. The van der Waals surface area contributed by atoms with E-state index in [-0.39, 0.29) is 11.5 Å². The molecule has 0 heterocycles. The lowest BCUT2D eigenvalue weighted by atomic mass is 9.42. The van der Waals surface area contributed by atoms with Crippen LogP contribution in [0, 0.1) is 44.8 Å². The summed E-state index contributed by atoms with van der Waals surface area (Å²) >= 11 is 0. The van der Waals surface area contributed by atoms with Crippen LogP contribution in [0.25, 0.3) is 0 Å². The van der Waals surface area contributed by atoms with Gasteiger partial charge in [0.25, 0.3) is 0 Å². The molecule has 0 aliphatic heterocycles. The summed E-state index contributed by atoms with van der Waals surface area (Å²) in [6.07, 6.45) is 10.7. The Bertz CT molecular complexity index is 692. The first-order chi connectivity index (χ1) is 13.5. The van der Waals surface area contributed by atoms with Gasteiger partial charge >= 0.3 is 0 Å². The van der Waals surface area contributed by atoms with E-state index in [1.165, 1.54) is 44.9 Å². The minimum atomic E-state index is -0.147. The molecule has 0 unspecified atom stereocenters. The molecule has 5 fully saturated rings. The molecule has 166 valence electrons. The van der Waals surface area contributed by atoms with Crippen LogP contribution in [0.2, 0.25) is 0 Å². The van der Waals surface area contributed by atoms with Crippen LogP contribution >= 0.6 is 0 Å². The minimum absolute atomic E-state index is 0.147. The van der Waals surface area contributed by atoms with Gasteiger partial charge in [-0.05, 0) is 111 Å². The van der Waals surface area contributed by atoms with Crippen LogP contribution in [-0.2, 0) is 0 Å². The van der Waals surface area contributed by atoms with Crippen molar-refractivity contribution in [3.05, 3.63) is 0 Å². The molecular weight excluding hydrogens is 356 g/mol. The third-order valence-electron chi connectivity index (χ3n) is 12.5. The Kier molecular flexibility index (Phi) is 4.31. The van der Waals surface area contributed by atoms with E-state index in [2.05, 4.69) is 59.3 Å². The molecule has 29 heavy (non-hydrogen) atoms. The van der Waals surface area contributed by atoms with Crippen LogP contribution in [0.4, 0.5) is 0 Å². The van der Waals surface area contributed by atoms with Gasteiger partial charge in [0, 0.05) is 18.0 Å². The Morgan fingerprint density at radius 3 is 2.17 bits per heavy atom. The van der Waals surface area contributed by atoms with Crippen LogP contribution in [0.5, 0.6) is 0 Å². The zero-order valence-corrected chi connectivity index (χ0v) is 20.1. The second-order valence-electron chi connectivity index (χ2n) is 13.1. The average molecular weight is 403 g/mol. The Morgan fingerprint density at radius 2 is 1.52 bits per heavy atom. The summed E-state index contributed by atoms with van der Waals surface area (Å²) in [7, 11) is 4.25. The van der Waals surface area contributed by atoms with E-state index < -0.39 is 0 Å². The van der Waals surface area contributed by atoms with Gasteiger partial charge in [0.1, 0.15) is 0 Å². The second-order valence-corrected chi connectivity index (χ2v) is 13.1. The Morgan fingerprint density at radius 1 is 0.862 bits per heavy atom. The zero-order valence-electron chi connectivity index (χ0n) is 20.1. The van der Waals surface area contributed by atoms with E-state index in [4.69, 9.17) is 0 Å². The highest BCUT2D eigenvalue weighted by Gasteiger charge is 2.82. The lowest BCUT2D eigenvalue weighted by molar-refractivity contribution is -0.144. The van der Waals surface area contributed by atoms with E-state index in [0.717, 1.165) is 18.3 Å². The maximum absolute atomic E-state index is 11.3. The molecule has 0 aromatic rings. The molecule has 0 radical (unpaired) electrons. The van der Waals surface area contributed by atoms with E-state index in [1.807, 2.05) is 0 Å². The molecule has 3 nitrogen and oxygen atoms in total. The molecular formula is C26H46N2O. The van der Waals surface area contributed by atoms with E-state index >= 15 is 0 Å². The summed E-state index contributed by atoms with van der Waals surface area (Å²) in [5.41, 5.74) is 2.14. The van der Waals surface area contributed by atoms with Gasteiger partial charge in [-0.1, -0.05) is 27.7 Å². The third-order valence-corrected chi connectivity index (χ3v) is 12.5. The monoisotopic (exact) mass is 402 g/mol. The topological polar surface area (TPSA) is 44.3 Å². The predicted molar refractivity (Wildman–Crippen MR) is 120 cm³/mol. The van der Waals surface area contributed by atoms with Gasteiger partial charge in [0.15, 0.2) is 0 Å². The van der Waals surface area contributed by atoms with Crippen molar-refractivity contribution in [2.75, 3.05) is 14.1 Å². The Balaban J connectivity index is 1.52. The van der Waals surface area contributed by atoms with Gasteiger partial charge < -0.3 is 15.7 Å². The van der Waals surface area contributed by atoms with E-state index in [1.54, 1.807) is 0 Å². The highest BCUT2D eigenvalue weighted by molar-refractivity contribution is 5.31. The van der Waals surface area contributed by atoms with Crippen LogP contribution in [-0.4, -0.2) is 37.4 Å². The summed E-state index contributed by atoms with van der Waals surface area (Å²) in [6.45, 7) is 12.6. The maximum Gasteiger partial charge on any atom is 0.0594 e. The molecule has 5 aliphatic carbocycles. The van der Waals surface area contributed by atoms with Gasteiger partial charge in [0.2, 0.25) is 0 Å². The van der Waals surface area contributed by atoms with Crippen LogP contribution < -0.4 is 10.6 Å². The molecule has 5 rings (SSSR count). The Hall–Kier alpha value is -0.120. The first kappa shape index (κ1) is 20.8. The van der Waals surface area contributed by atoms with Crippen molar-refractivity contribution in [3.8, 4) is 0 Å². The standard InChI is InChI=1S/C26H46N2O/c1-16(27-6)21-17(29)14-24(5)19-9-8-18-22(2,3)20(28-7)10-11-25(18)15-26(19,25)13-12-23(21,24)4/h16-21,27-29H,8-15H2,1-7H3/t16-,17+,18-,19-,20-,21+,23+,24-,25+,26+/m0/s1. The summed E-state index contributed by atoms with van der Waals surface area (Å²) in [6, 6.07) is 1.06. The molecule has 10 atom stereocenters. The number of fused-ring (bicyclic) bond motifs is 2. The van der Waals surface area contributed by atoms with Crippen molar-refractivity contribution >= 4 is 0 Å². The summed E-state index contributed by atoms with van der Waals surface area (Å²) in [4.78, 5) is 0. The molecule has 0 aromatic heterocycles. The smallest absolute Gasteiger partial charge is 0.0594 e. The summed E-state index contributed by atoms with van der Waals surface area (Å²) in [5, 5.41) is 18.4. The van der Waals surface area contributed by atoms with Crippen molar-refractivity contribution in [1.82, 2.24) is 10.6 Å². The molecule has 0 saturated heterocycles. The maximum atomic E-state index is 11.3. The van der Waals surface area contributed by atoms with E-state index in [9.17, 15) is 5.11 Å². The SMILES string of the molecule is CN[C@@H](C)[C@@H]1[C@H](O)C[C@@]2(C)[C@@H]3CC[C@H]4C(C)(C)[C@@H](NC)CC[C@@]45C[C@]35CC[C@]12C. The van der Waals surface area contributed by atoms with Gasteiger partial charge in [-0.3, -0.25) is 0 Å². The average Bonchev–Trinajstić information content (AvgIpc) is 3.26. The molecule has 0 bridgehead atoms.